The molecule has 2 rings (SSSR count). The first-order chi connectivity index (χ1) is 12.6. The maximum absolute atomic E-state index is 12.3. The fourth-order valence-corrected chi connectivity index (χ4v) is 2.42. The quantitative estimate of drug-likeness (QED) is 0.579. The molecule has 138 valence electrons. The average molecular weight is 356 g/mol. The van der Waals surface area contributed by atoms with Crippen LogP contribution in [0.3, 0.4) is 0 Å². The number of hydrogen-bond acceptors (Lipinski definition) is 5. The maximum Gasteiger partial charge on any atom is 0.271 e. The molecule has 2 aromatic rings. The number of nitrogens with one attached hydrogen (secondary N) is 1. The molecule has 0 aliphatic heterocycles. The normalized spacial score (nSPS) is 11.0. The van der Waals surface area contributed by atoms with Gasteiger partial charge in [-0.3, -0.25) is 4.79 Å². The van der Waals surface area contributed by atoms with E-state index in [4.69, 9.17) is 14.2 Å². The van der Waals surface area contributed by atoms with Gasteiger partial charge in [-0.05, 0) is 55.8 Å². The monoisotopic (exact) mass is 356 g/mol. The molecule has 0 radical (unpaired) electrons. The predicted molar refractivity (Wildman–Crippen MR) is 101 cm³/mol. The molecule has 1 amide bonds. The number of amides is 1. The second-order valence-corrected chi connectivity index (χ2v) is 5.38. The summed E-state index contributed by atoms with van der Waals surface area (Å²) in [6.45, 7) is 4.47. The van der Waals surface area contributed by atoms with Crippen LogP contribution >= 0.6 is 0 Å². The maximum atomic E-state index is 12.3. The Balaban J connectivity index is 2.14. The molecule has 0 unspecified atom stereocenters. The summed E-state index contributed by atoms with van der Waals surface area (Å²) in [6.07, 6.45) is 0.652. The molecule has 2 aromatic carbocycles. The molecule has 0 atom stereocenters. The minimum Gasteiger partial charge on any atom is -0.494 e. The third-order valence-corrected chi connectivity index (χ3v) is 3.77. The van der Waals surface area contributed by atoms with Crippen molar-refractivity contribution in [1.82, 2.24) is 5.43 Å². The molecule has 0 fully saturated rings. The van der Waals surface area contributed by atoms with Crippen molar-refractivity contribution in [3.05, 3.63) is 53.6 Å². The molecule has 1 N–H and O–H groups in total. The van der Waals surface area contributed by atoms with Gasteiger partial charge in [0.15, 0.2) is 11.5 Å². The Hall–Kier alpha value is -3.02. The Kier molecular flexibility index (Phi) is 7.02. The van der Waals surface area contributed by atoms with Gasteiger partial charge in [0.1, 0.15) is 5.75 Å². The lowest BCUT2D eigenvalue weighted by Crippen LogP contribution is -2.20. The van der Waals surface area contributed by atoms with Crippen molar-refractivity contribution in [2.75, 3.05) is 20.8 Å². The van der Waals surface area contributed by atoms with Crippen LogP contribution in [0.5, 0.6) is 17.2 Å². The van der Waals surface area contributed by atoms with Crippen LogP contribution in [0, 0.1) is 0 Å². The highest BCUT2D eigenvalue weighted by Gasteiger charge is 2.10. The summed E-state index contributed by atoms with van der Waals surface area (Å²) in [5, 5.41) is 4.27. The van der Waals surface area contributed by atoms with Crippen molar-refractivity contribution in [1.29, 1.82) is 0 Å². The highest BCUT2D eigenvalue weighted by Crippen LogP contribution is 2.28. The van der Waals surface area contributed by atoms with Gasteiger partial charge in [-0.25, -0.2) is 5.43 Å². The molecule has 6 heteroatoms. The zero-order valence-electron chi connectivity index (χ0n) is 15.5. The summed E-state index contributed by atoms with van der Waals surface area (Å²) in [7, 11) is 3.17. The van der Waals surface area contributed by atoms with Gasteiger partial charge in [-0.1, -0.05) is 6.92 Å². The molecular weight excluding hydrogens is 332 g/mol. The smallest absolute Gasteiger partial charge is 0.271 e. The summed E-state index contributed by atoms with van der Waals surface area (Å²) in [5.41, 5.74) is 4.72. The number of nitrogens with zero attached hydrogens (tertiary/aromatic N) is 1. The van der Waals surface area contributed by atoms with Crippen molar-refractivity contribution in [3.8, 4) is 17.2 Å². The summed E-state index contributed by atoms with van der Waals surface area (Å²) >= 11 is 0. The van der Waals surface area contributed by atoms with Gasteiger partial charge in [0.05, 0.1) is 26.5 Å². The second kappa shape index (κ2) is 9.46. The number of methoxy groups -OCH3 is 2. The molecule has 0 saturated carbocycles. The van der Waals surface area contributed by atoms with E-state index in [1.807, 2.05) is 32.0 Å². The summed E-state index contributed by atoms with van der Waals surface area (Å²) in [6, 6.07) is 12.5. The number of hydrazone groups is 1. The van der Waals surface area contributed by atoms with E-state index in [1.165, 1.54) is 0 Å². The standard InChI is InChI=1S/C20H24N2O4/c1-5-17(15-9-12-18(24-3)19(13-15)25-4)21-22-20(23)14-7-10-16(11-8-14)26-6-2/h7-13H,5-6H2,1-4H3,(H,22,23)/b21-17+. The first-order valence-electron chi connectivity index (χ1n) is 8.45. The van der Waals surface area contributed by atoms with Crippen LogP contribution in [0.1, 0.15) is 36.2 Å². The summed E-state index contributed by atoms with van der Waals surface area (Å²) in [5.74, 6) is 1.71. The lowest BCUT2D eigenvalue weighted by Gasteiger charge is -2.11. The second-order valence-electron chi connectivity index (χ2n) is 5.38. The molecular formula is C20H24N2O4. The van der Waals surface area contributed by atoms with E-state index in [-0.39, 0.29) is 5.91 Å². The minimum atomic E-state index is -0.278. The molecule has 0 heterocycles. The molecule has 0 spiro atoms. The highest BCUT2D eigenvalue weighted by molar-refractivity contribution is 6.02. The van der Waals surface area contributed by atoms with E-state index in [2.05, 4.69) is 10.5 Å². The van der Waals surface area contributed by atoms with E-state index in [9.17, 15) is 4.79 Å². The first kappa shape index (κ1) is 19.3. The molecule has 0 aliphatic rings. The van der Waals surface area contributed by atoms with Crippen LogP contribution in [0.4, 0.5) is 0 Å². The fraction of sp³-hybridized carbons (Fsp3) is 0.300. The number of rotatable bonds is 8. The van der Waals surface area contributed by atoms with Crippen LogP contribution in [0.25, 0.3) is 0 Å². The predicted octanol–water partition coefficient (Wildman–Crippen LogP) is 3.65. The zero-order valence-corrected chi connectivity index (χ0v) is 15.5. The Morgan fingerprint density at radius 3 is 2.19 bits per heavy atom. The number of hydrogen-bond donors (Lipinski definition) is 1. The SMILES string of the molecule is CCOc1ccc(C(=O)N/N=C(\CC)c2ccc(OC)c(OC)c2)cc1. The van der Waals surface area contributed by atoms with Crippen molar-refractivity contribution in [3.63, 3.8) is 0 Å². The van der Waals surface area contributed by atoms with Gasteiger partial charge in [0, 0.05) is 11.1 Å². The minimum absolute atomic E-state index is 0.278. The largest absolute Gasteiger partial charge is 0.494 e. The van der Waals surface area contributed by atoms with Crippen molar-refractivity contribution in [2.45, 2.75) is 20.3 Å². The molecule has 26 heavy (non-hydrogen) atoms. The number of benzene rings is 2. The van der Waals surface area contributed by atoms with Crippen LogP contribution in [-0.2, 0) is 0 Å². The van der Waals surface area contributed by atoms with Crippen molar-refractivity contribution < 1.29 is 19.0 Å². The van der Waals surface area contributed by atoms with Gasteiger partial charge >= 0.3 is 0 Å². The number of ether oxygens (including phenoxy) is 3. The molecule has 0 bridgehead atoms. The Morgan fingerprint density at radius 1 is 0.962 bits per heavy atom. The average Bonchev–Trinajstić information content (AvgIpc) is 2.68. The van der Waals surface area contributed by atoms with Crippen molar-refractivity contribution >= 4 is 11.6 Å². The zero-order chi connectivity index (χ0) is 18.9. The van der Waals surface area contributed by atoms with E-state index >= 15 is 0 Å². The Labute approximate surface area is 153 Å². The van der Waals surface area contributed by atoms with Crippen LogP contribution in [0.15, 0.2) is 47.6 Å². The lowest BCUT2D eigenvalue weighted by molar-refractivity contribution is 0.0955. The molecule has 0 aliphatic carbocycles. The van der Waals surface area contributed by atoms with Crippen LogP contribution < -0.4 is 19.6 Å². The summed E-state index contributed by atoms with van der Waals surface area (Å²) < 4.78 is 15.9. The van der Waals surface area contributed by atoms with Crippen LogP contribution in [0.2, 0.25) is 0 Å². The lowest BCUT2D eigenvalue weighted by atomic mass is 10.1. The third-order valence-electron chi connectivity index (χ3n) is 3.77. The Bertz CT molecular complexity index is 770. The Morgan fingerprint density at radius 2 is 1.62 bits per heavy atom. The fourth-order valence-electron chi connectivity index (χ4n) is 2.42. The molecule has 6 nitrogen and oxygen atoms in total. The van der Waals surface area contributed by atoms with Gasteiger partial charge in [0.2, 0.25) is 0 Å². The van der Waals surface area contributed by atoms with E-state index in [0.29, 0.717) is 30.1 Å². The summed E-state index contributed by atoms with van der Waals surface area (Å²) in [4.78, 5) is 12.3. The number of carbonyl (C=O) groups is 1. The van der Waals surface area contributed by atoms with Gasteiger partial charge < -0.3 is 14.2 Å². The molecule has 0 saturated heterocycles. The van der Waals surface area contributed by atoms with Gasteiger partial charge in [-0.2, -0.15) is 5.10 Å². The van der Waals surface area contributed by atoms with Crippen molar-refractivity contribution in [2.24, 2.45) is 5.10 Å². The van der Waals surface area contributed by atoms with E-state index < -0.39 is 0 Å². The molecule has 0 aromatic heterocycles. The third kappa shape index (κ3) is 4.75. The number of carbonyl (C=O) groups excluding carboxylic acids is 1. The van der Waals surface area contributed by atoms with E-state index in [0.717, 1.165) is 17.0 Å². The topological polar surface area (TPSA) is 69.2 Å². The highest BCUT2D eigenvalue weighted by atomic mass is 16.5. The van der Waals surface area contributed by atoms with Gasteiger partial charge in [-0.15, -0.1) is 0 Å². The van der Waals surface area contributed by atoms with Gasteiger partial charge in [0.25, 0.3) is 5.91 Å². The first-order valence-corrected chi connectivity index (χ1v) is 8.45. The van der Waals surface area contributed by atoms with E-state index in [1.54, 1.807) is 38.5 Å². The van der Waals surface area contributed by atoms with Crippen LogP contribution in [-0.4, -0.2) is 32.4 Å².